The zero-order valence-electron chi connectivity index (χ0n) is 8.99. The molecule has 1 unspecified atom stereocenters. The van der Waals surface area contributed by atoms with Crippen molar-refractivity contribution in [1.82, 2.24) is 10.1 Å². The smallest absolute Gasteiger partial charge is 0.328 e. The van der Waals surface area contributed by atoms with E-state index in [4.69, 9.17) is 10.3 Å². The van der Waals surface area contributed by atoms with Crippen LogP contribution in [0.5, 0.6) is 0 Å². The maximum Gasteiger partial charge on any atom is 0.328 e. The van der Waals surface area contributed by atoms with Crippen molar-refractivity contribution in [2.75, 3.05) is 5.32 Å². The van der Waals surface area contributed by atoms with Crippen LogP contribution < -0.4 is 11.1 Å². The molecule has 0 saturated carbocycles. The molecule has 0 aromatic carbocycles. The van der Waals surface area contributed by atoms with Gasteiger partial charge in [0, 0.05) is 12.5 Å². The minimum absolute atomic E-state index is 0.126. The Labute approximate surface area is 88.2 Å². The molecule has 0 radical (unpaired) electrons. The monoisotopic (exact) mass is 212 g/mol. The molecule has 0 aliphatic rings. The fraction of sp³-hybridized carbons (Fsp3) is 0.667. The SMILES string of the molecule is Cc1noc(NC(=O)CCCC(C)N)n1. The first-order valence-electron chi connectivity index (χ1n) is 4.93. The van der Waals surface area contributed by atoms with E-state index in [2.05, 4.69) is 15.5 Å². The number of nitrogens with zero attached hydrogens (tertiary/aromatic N) is 2. The van der Waals surface area contributed by atoms with Gasteiger partial charge in [0.2, 0.25) is 5.91 Å². The molecule has 0 bridgehead atoms. The van der Waals surface area contributed by atoms with E-state index in [1.54, 1.807) is 6.92 Å². The molecule has 3 N–H and O–H groups in total. The maximum absolute atomic E-state index is 11.3. The van der Waals surface area contributed by atoms with Gasteiger partial charge in [-0.3, -0.25) is 10.1 Å². The standard InChI is InChI=1S/C9H16N4O2/c1-6(10)4-3-5-8(14)12-9-11-7(2)13-15-9/h6H,3-5,10H2,1-2H3,(H,11,12,13,14). The molecule has 6 heteroatoms. The molecular weight excluding hydrogens is 196 g/mol. The van der Waals surface area contributed by atoms with E-state index in [9.17, 15) is 4.79 Å². The van der Waals surface area contributed by atoms with Crippen LogP contribution in [0.3, 0.4) is 0 Å². The van der Waals surface area contributed by atoms with Crippen molar-refractivity contribution in [3.05, 3.63) is 5.82 Å². The van der Waals surface area contributed by atoms with E-state index in [1.807, 2.05) is 6.92 Å². The Morgan fingerprint density at radius 1 is 1.67 bits per heavy atom. The second-order valence-corrected chi connectivity index (χ2v) is 3.56. The lowest BCUT2D eigenvalue weighted by Gasteiger charge is -2.03. The average molecular weight is 212 g/mol. The van der Waals surface area contributed by atoms with E-state index in [0.29, 0.717) is 12.2 Å². The summed E-state index contributed by atoms with van der Waals surface area (Å²) in [6.45, 7) is 3.61. The van der Waals surface area contributed by atoms with Crippen LogP contribution >= 0.6 is 0 Å². The van der Waals surface area contributed by atoms with Crippen LogP contribution in [-0.4, -0.2) is 22.1 Å². The van der Waals surface area contributed by atoms with Gasteiger partial charge < -0.3 is 10.3 Å². The number of hydrogen-bond acceptors (Lipinski definition) is 5. The Morgan fingerprint density at radius 2 is 2.40 bits per heavy atom. The van der Waals surface area contributed by atoms with Crippen molar-refractivity contribution in [2.45, 2.75) is 39.2 Å². The van der Waals surface area contributed by atoms with E-state index >= 15 is 0 Å². The Kier molecular flexibility index (Phi) is 4.23. The number of carbonyl (C=O) groups excluding carboxylic acids is 1. The lowest BCUT2D eigenvalue weighted by Crippen LogP contribution is -2.16. The second kappa shape index (κ2) is 5.45. The summed E-state index contributed by atoms with van der Waals surface area (Å²) in [7, 11) is 0. The molecule has 0 spiro atoms. The molecule has 15 heavy (non-hydrogen) atoms. The Balaban J connectivity index is 2.24. The fourth-order valence-corrected chi connectivity index (χ4v) is 1.11. The molecule has 0 fully saturated rings. The summed E-state index contributed by atoms with van der Waals surface area (Å²) < 4.78 is 4.74. The lowest BCUT2D eigenvalue weighted by atomic mass is 10.1. The molecule has 1 aromatic heterocycles. The number of aryl methyl sites for hydroxylation is 1. The molecule has 1 rings (SSSR count). The topological polar surface area (TPSA) is 94.0 Å². The van der Waals surface area contributed by atoms with Crippen molar-refractivity contribution in [3.8, 4) is 0 Å². The van der Waals surface area contributed by atoms with Gasteiger partial charge in [0.15, 0.2) is 5.82 Å². The van der Waals surface area contributed by atoms with Crippen LogP contribution in [0.4, 0.5) is 6.01 Å². The normalized spacial score (nSPS) is 12.5. The van der Waals surface area contributed by atoms with Crippen LogP contribution in [0.15, 0.2) is 4.52 Å². The highest BCUT2D eigenvalue weighted by Crippen LogP contribution is 2.05. The number of aromatic nitrogens is 2. The molecule has 1 heterocycles. The lowest BCUT2D eigenvalue weighted by molar-refractivity contribution is -0.116. The minimum Gasteiger partial charge on any atom is -0.328 e. The van der Waals surface area contributed by atoms with Gasteiger partial charge in [-0.25, -0.2) is 0 Å². The van der Waals surface area contributed by atoms with Crippen molar-refractivity contribution in [1.29, 1.82) is 0 Å². The first-order valence-corrected chi connectivity index (χ1v) is 4.93. The van der Waals surface area contributed by atoms with Crippen LogP contribution in [-0.2, 0) is 4.79 Å². The van der Waals surface area contributed by atoms with Crippen LogP contribution in [0.25, 0.3) is 0 Å². The zero-order valence-corrected chi connectivity index (χ0v) is 8.99. The predicted molar refractivity (Wildman–Crippen MR) is 55.2 cm³/mol. The predicted octanol–water partition coefficient (Wildman–Crippen LogP) is 0.834. The highest BCUT2D eigenvalue weighted by molar-refractivity contribution is 5.88. The third-order valence-electron chi connectivity index (χ3n) is 1.84. The quantitative estimate of drug-likeness (QED) is 0.754. The number of nitrogens with two attached hydrogens (primary N) is 1. The molecule has 0 aliphatic carbocycles. The average Bonchev–Trinajstić information content (AvgIpc) is 2.50. The molecule has 1 atom stereocenters. The highest BCUT2D eigenvalue weighted by Gasteiger charge is 2.07. The van der Waals surface area contributed by atoms with E-state index in [0.717, 1.165) is 12.8 Å². The summed E-state index contributed by atoms with van der Waals surface area (Å²) in [6.07, 6.45) is 2.01. The summed E-state index contributed by atoms with van der Waals surface area (Å²) in [4.78, 5) is 15.2. The maximum atomic E-state index is 11.3. The molecule has 0 aliphatic heterocycles. The van der Waals surface area contributed by atoms with Gasteiger partial charge in [-0.1, -0.05) is 5.16 Å². The second-order valence-electron chi connectivity index (χ2n) is 3.56. The van der Waals surface area contributed by atoms with Gasteiger partial charge in [-0.05, 0) is 26.7 Å². The largest absolute Gasteiger partial charge is 0.328 e. The highest BCUT2D eigenvalue weighted by atomic mass is 16.5. The van der Waals surface area contributed by atoms with E-state index in [1.165, 1.54) is 0 Å². The Hall–Kier alpha value is -1.43. The van der Waals surface area contributed by atoms with Gasteiger partial charge in [0.25, 0.3) is 0 Å². The molecule has 0 saturated heterocycles. The molecule has 6 nitrogen and oxygen atoms in total. The summed E-state index contributed by atoms with van der Waals surface area (Å²) in [5, 5.41) is 6.07. The van der Waals surface area contributed by atoms with Crippen LogP contribution in [0.2, 0.25) is 0 Å². The first-order chi connectivity index (χ1) is 7.08. The number of hydrogen-bond donors (Lipinski definition) is 2. The van der Waals surface area contributed by atoms with Crippen molar-refractivity contribution < 1.29 is 9.32 Å². The summed E-state index contributed by atoms with van der Waals surface area (Å²) in [5.41, 5.74) is 5.56. The van der Waals surface area contributed by atoms with Crippen molar-refractivity contribution >= 4 is 11.9 Å². The summed E-state index contributed by atoms with van der Waals surface area (Å²) >= 11 is 0. The van der Waals surface area contributed by atoms with Gasteiger partial charge >= 0.3 is 6.01 Å². The zero-order chi connectivity index (χ0) is 11.3. The van der Waals surface area contributed by atoms with Crippen molar-refractivity contribution in [3.63, 3.8) is 0 Å². The number of carbonyl (C=O) groups is 1. The molecule has 84 valence electrons. The fourth-order valence-electron chi connectivity index (χ4n) is 1.11. The first kappa shape index (κ1) is 11.6. The third kappa shape index (κ3) is 4.55. The number of anilines is 1. The van der Waals surface area contributed by atoms with Crippen LogP contribution in [0.1, 0.15) is 32.0 Å². The Bertz CT molecular complexity index is 322. The van der Waals surface area contributed by atoms with Crippen molar-refractivity contribution in [2.24, 2.45) is 5.73 Å². The van der Waals surface area contributed by atoms with Gasteiger partial charge in [-0.15, -0.1) is 0 Å². The van der Waals surface area contributed by atoms with E-state index < -0.39 is 0 Å². The third-order valence-corrected chi connectivity index (χ3v) is 1.84. The number of amides is 1. The van der Waals surface area contributed by atoms with Gasteiger partial charge in [0.1, 0.15) is 0 Å². The molecular formula is C9H16N4O2. The number of nitrogens with one attached hydrogen (secondary N) is 1. The van der Waals surface area contributed by atoms with E-state index in [-0.39, 0.29) is 18.0 Å². The van der Waals surface area contributed by atoms with Gasteiger partial charge in [-0.2, -0.15) is 4.98 Å². The summed E-state index contributed by atoms with van der Waals surface area (Å²) in [5.74, 6) is 0.375. The summed E-state index contributed by atoms with van der Waals surface area (Å²) in [6, 6.07) is 0.279. The molecule has 1 aromatic rings. The Morgan fingerprint density at radius 3 is 2.93 bits per heavy atom. The number of rotatable bonds is 5. The molecule has 1 amide bonds. The van der Waals surface area contributed by atoms with Crippen LogP contribution in [0, 0.1) is 6.92 Å². The van der Waals surface area contributed by atoms with Gasteiger partial charge in [0.05, 0.1) is 0 Å². The minimum atomic E-state index is -0.126.